The predicted octanol–water partition coefficient (Wildman–Crippen LogP) is 3.01. The van der Waals surface area contributed by atoms with E-state index in [0.717, 1.165) is 34.5 Å². The molecule has 108 valence electrons. The van der Waals surface area contributed by atoms with Gasteiger partial charge in [-0.2, -0.15) is 0 Å². The number of anilines is 1. The second-order valence-corrected chi connectivity index (χ2v) is 5.39. The number of rotatable bonds is 5. The minimum atomic E-state index is 0.565. The van der Waals surface area contributed by atoms with Crippen LogP contribution in [0, 0.1) is 0 Å². The second kappa shape index (κ2) is 6.11. The first kappa shape index (κ1) is 13.8. The van der Waals surface area contributed by atoms with Gasteiger partial charge >= 0.3 is 0 Å². The lowest BCUT2D eigenvalue weighted by Crippen LogP contribution is -2.12. The molecule has 0 spiro atoms. The van der Waals surface area contributed by atoms with Crippen molar-refractivity contribution in [2.24, 2.45) is 5.84 Å². The molecule has 3 aromatic rings. The molecular formula is C14H15N5OS. The van der Waals surface area contributed by atoms with Crippen LogP contribution in [0.5, 0.6) is 0 Å². The topological polar surface area (TPSA) is 89.9 Å². The molecule has 0 unspecified atom stereocenters. The van der Waals surface area contributed by atoms with Gasteiger partial charge in [0.1, 0.15) is 22.7 Å². The van der Waals surface area contributed by atoms with Gasteiger partial charge in [0.2, 0.25) is 0 Å². The first-order chi connectivity index (χ1) is 10.3. The smallest absolute Gasteiger partial charge is 0.263 e. The van der Waals surface area contributed by atoms with E-state index in [-0.39, 0.29) is 0 Å². The number of hydrogen-bond donors (Lipinski definition) is 2. The highest BCUT2D eigenvalue weighted by atomic mass is 32.2. The van der Waals surface area contributed by atoms with Gasteiger partial charge in [-0.15, -0.1) is 0 Å². The SMILES string of the molecule is CCCc1c(NN)ncnc1Sc1nc2ccccc2o1. The van der Waals surface area contributed by atoms with Crippen LogP contribution in [-0.2, 0) is 6.42 Å². The molecule has 7 heteroatoms. The Morgan fingerprint density at radius 1 is 1.29 bits per heavy atom. The van der Waals surface area contributed by atoms with Crippen LogP contribution in [0.1, 0.15) is 18.9 Å². The fourth-order valence-electron chi connectivity index (χ4n) is 2.06. The first-order valence-corrected chi connectivity index (χ1v) is 7.47. The Labute approximate surface area is 126 Å². The Kier molecular flexibility index (Phi) is 4.03. The van der Waals surface area contributed by atoms with Gasteiger partial charge in [-0.05, 0) is 30.3 Å². The number of aromatic nitrogens is 3. The molecule has 0 atom stereocenters. The quantitative estimate of drug-likeness (QED) is 0.425. The van der Waals surface area contributed by atoms with Crippen molar-refractivity contribution in [2.45, 2.75) is 30.0 Å². The fourth-order valence-corrected chi connectivity index (χ4v) is 2.92. The van der Waals surface area contributed by atoms with E-state index in [1.54, 1.807) is 0 Å². The van der Waals surface area contributed by atoms with E-state index >= 15 is 0 Å². The summed E-state index contributed by atoms with van der Waals surface area (Å²) in [5.41, 5.74) is 5.20. The zero-order valence-corrected chi connectivity index (χ0v) is 12.4. The highest BCUT2D eigenvalue weighted by molar-refractivity contribution is 7.99. The molecule has 2 heterocycles. The Hall–Kier alpha value is -2.12. The molecule has 1 aromatic carbocycles. The molecule has 2 aromatic heterocycles. The highest BCUT2D eigenvalue weighted by Gasteiger charge is 2.14. The van der Waals surface area contributed by atoms with E-state index < -0.39 is 0 Å². The fraction of sp³-hybridized carbons (Fsp3) is 0.214. The molecular weight excluding hydrogens is 286 g/mol. The third kappa shape index (κ3) is 2.84. The van der Waals surface area contributed by atoms with Crippen LogP contribution in [0.2, 0.25) is 0 Å². The number of nitrogens with two attached hydrogens (primary N) is 1. The largest absolute Gasteiger partial charge is 0.431 e. The van der Waals surface area contributed by atoms with Crippen molar-refractivity contribution in [3.63, 3.8) is 0 Å². The van der Waals surface area contributed by atoms with Gasteiger partial charge in [0.05, 0.1) is 0 Å². The molecule has 0 aliphatic rings. The maximum absolute atomic E-state index is 5.72. The van der Waals surface area contributed by atoms with Crippen LogP contribution < -0.4 is 11.3 Å². The van der Waals surface area contributed by atoms with Crippen molar-refractivity contribution in [1.82, 2.24) is 15.0 Å². The Morgan fingerprint density at radius 2 is 2.14 bits per heavy atom. The molecule has 21 heavy (non-hydrogen) atoms. The van der Waals surface area contributed by atoms with Crippen molar-refractivity contribution >= 4 is 28.7 Å². The summed E-state index contributed by atoms with van der Waals surface area (Å²) in [7, 11) is 0. The summed E-state index contributed by atoms with van der Waals surface area (Å²) in [4.78, 5) is 12.9. The van der Waals surface area contributed by atoms with Gasteiger partial charge in [0, 0.05) is 5.56 Å². The molecule has 0 aliphatic carbocycles. The van der Waals surface area contributed by atoms with Crippen LogP contribution >= 0.6 is 11.8 Å². The van der Waals surface area contributed by atoms with Crippen molar-refractivity contribution in [1.29, 1.82) is 0 Å². The molecule has 0 saturated carbocycles. The number of para-hydroxylation sites is 2. The van der Waals surface area contributed by atoms with E-state index in [1.165, 1.54) is 18.1 Å². The average Bonchev–Trinajstić information content (AvgIpc) is 2.91. The normalized spacial score (nSPS) is 11.0. The Balaban J connectivity index is 1.96. The Bertz CT molecular complexity index is 725. The number of hydrazine groups is 1. The van der Waals surface area contributed by atoms with E-state index in [4.69, 9.17) is 10.3 Å². The molecule has 0 fully saturated rings. The monoisotopic (exact) mass is 301 g/mol. The number of nitrogens with one attached hydrogen (secondary N) is 1. The van der Waals surface area contributed by atoms with Gasteiger partial charge in [0.15, 0.2) is 5.58 Å². The summed E-state index contributed by atoms with van der Waals surface area (Å²) in [6.45, 7) is 2.10. The zero-order valence-electron chi connectivity index (χ0n) is 11.5. The maximum atomic E-state index is 5.72. The zero-order chi connectivity index (χ0) is 14.7. The van der Waals surface area contributed by atoms with Crippen LogP contribution in [0.3, 0.4) is 0 Å². The van der Waals surface area contributed by atoms with Crippen molar-refractivity contribution in [2.75, 3.05) is 5.43 Å². The molecule has 3 rings (SSSR count). The summed E-state index contributed by atoms with van der Waals surface area (Å²) in [6, 6.07) is 7.67. The minimum Gasteiger partial charge on any atom is -0.431 e. The molecule has 0 bridgehead atoms. The van der Waals surface area contributed by atoms with Crippen molar-refractivity contribution < 1.29 is 4.42 Å². The second-order valence-electron chi connectivity index (χ2n) is 4.45. The summed E-state index contributed by atoms with van der Waals surface area (Å²) in [5.74, 6) is 6.16. The lowest BCUT2D eigenvalue weighted by Gasteiger charge is -2.09. The van der Waals surface area contributed by atoms with Gasteiger partial charge < -0.3 is 9.84 Å². The predicted molar refractivity (Wildman–Crippen MR) is 82.0 cm³/mol. The van der Waals surface area contributed by atoms with Crippen molar-refractivity contribution in [3.05, 3.63) is 36.2 Å². The van der Waals surface area contributed by atoms with Crippen LogP contribution in [0.25, 0.3) is 11.1 Å². The average molecular weight is 301 g/mol. The molecule has 0 aliphatic heterocycles. The molecule has 0 saturated heterocycles. The summed E-state index contributed by atoms with van der Waals surface area (Å²) in [5, 5.41) is 1.38. The number of hydrogen-bond acceptors (Lipinski definition) is 7. The van der Waals surface area contributed by atoms with Gasteiger partial charge in [-0.3, -0.25) is 0 Å². The lowest BCUT2D eigenvalue weighted by molar-refractivity contribution is 0.489. The molecule has 6 nitrogen and oxygen atoms in total. The number of benzene rings is 1. The van der Waals surface area contributed by atoms with E-state index in [0.29, 0.717) is 11.0 Å². The van der Waals surface area contributed by atoms with Gasteiger partial charge in [-0.1, -0.05) is 25.5 Å². The van der Waals surface area contributed by atoms with E-state index in [2.05, 4.69) is 27.3 Å². The minimum absolute atomic E-state index is 0.565. The van der Waals surface area contributed by atoms with Gasteiger partial charge in [0.25, 0.3) is 5.22 Å². The highest BCUT2D eigenvalue weighted by Crippen LogP contribution is 2.32. The Morgan fingerprint density at radius 3 is 2.90 bits per heavy atom. The summed E-state index contributed by atoms with van der Waals surface area (Å²) in [6.07, 6.45) is 3.30. The first-order valence-electron chi connectivity index (χ1n) is 6.65. The molecule has 3 N–H and O–H groups in total. The van der Waals surface area contributed by atoms with Crippen LogP contribution in [-0.4, -0.2) is 15.0 Å². The molecule has 0 radical (unpaired) electrons. The lowest BCUT2D eigenvalue weighted by atomic mass is 10.2. The van der Waals surface area contributed by atoms with Crippen LogP contribution in [0.4, 0.5) is 5.82 Å². The summed E-state index contributed by atoms with van der Waals surface area (Å²) < 4.78 is 5.72. The van der Waals surface area contributed by atoms with Gasteiger partial charge in [-0.25, -0.2) is 20.8 Å². The summed E-state index contributed by atoms with van der Waals surface area (Å²) >= 11 is 1.38. The van der Waals surface area contributed by atoms with E-state index in [1.807, 2.05) is 24.3 Å². The van der Waals surface area contributed by atoms with Crippen LogP contribution in [0.15, 0.2) is 45.3 Å². The van der Waals surface area contributed by atoms with E-state index in [9.17, 15) is 0 Å². The number of nitrogen functional groups attached to an aromatic ring is 1. The maximum Gasteiger partial charge on any atom is 0.263 e. The third-order valence-electron chi connectivity index (χ3n) is 3.00. The number of fused-ring (bicyclic) bond motifs is 1. The number of oxazole rings is 1. The van der Waals surface area contributed by atoms with Crippen molar-refractivity contribution in [3.8, 4) is 0 Å². The third-order valence-corrected chi connectivity index (χ3v) is 3.90. The molecule has 0 amide bonds. The number of nitrogens with zero attached hydrogens (tertiary/aromatic N) is 3. The standard InChI is InChI=1S/C14H15N5OS/c1-2-5-9-12(19-15)16-8-17-13(9)21-14-18-10-6-3-4-7-11(10)20-14/h3-4,6-8H,2,5,15H2,1H3,(H,16,17,19).